The summed E-state index contributed by atoms with van der Waals surface area (Å²) >= 11 is 4.00. The van der Waals surface area contributed by atoms with Gasteiger partial charge in [0.1, 0.15) is 11.5 Å². The summed E-state index contributed by atoms with van der Waals surface area (Å²) < 4.78 is 11.0. The molecule has 0 radical (unpaired) electrons. The van der Waals surface area contributed by atoms with Crippen LogP contribution in [0.5, 0.6) is 11.5 Å². The highest BCUT2D eigenvalue weighted by atomic mass is 32.2. The number of ether oxygens (including phenoxy) is 2. The van der Waals surface area contributed by atoms with E-state index in [-0.39, 0.29) is 17.6 Å². The summed E-state index contributed by atoms with van der Waals surface area (Å²) in [7, 11) is 3.09. The Bertz CT molecular complexity index is 1050. The van der Waals surface area contributed by atoms with Crippen LogP contribution in [0.3, 0.4) is 0 Å². The summed E-state index contributed by atoms with van der Waals surface area (Å²) in [6.45, 7) is 0. The highest BCUT2D eigenvalue weighted by Crippen LogP contribution is 2.30. The molecule has 1 aromatic heterocycles. The fraction of sp³-hybridized carbons (Fsp3) is 0.238. The van der Waals surface area contributed by atoms with Gasteiger partial charge in [-0.2, -0.15) is 0 Å². The summed E-state index contributed by atoms with van der Waals surface area (Å²) in [5.74, 6) is 2.03. The van der Waals surface area contributed by atoms with Crippen molar-refractivity contribution in [1.82, 2.24) is 10.2 Å². The Hall–Kier alpha value is -2.76. The molecule has 0 fully saturated rings. The number of aromatic nitrogens is 2. The molecule has 0 bridgehead atoms. The minimum absolute atomic E-state index is 0.136. The molecular formula is C21H22N4O4S3. The Labute approximate surface area is 198 Å². The van der Waals surface area contributed by atoms with E-state index in [1.165, 1.54) is 47.5 Å². The van der Waals surface area contributed by atoms with E-state index < -0.39 is 0 Å². The number of anilines is 2. The average Bonchev–Trinajstić information content (AvgIpc) is 3.25. The Kier molecular flexibility index (Phi) is 9.20. The molecular weight excluding hydrogens is 468 g/mol. The van der Waals surface area contributed by atoms with Crippen LogP contribution in [0.1, 0.15) is 5.56 Å². The van der Waals surface area contributed by atoms with Crippen LogP contribution in [0.2, 0.25) is 0 Å². The maximum atomic E-state index is 12.3. The Morgan fingerprint density at radius 1 is 0.969 bits per heavy atom. The number of amides is 2. The van der Waals surface area contributed by atoms with Crippen LogP contribution in [0.4, 0.5) is 10.8 Å². The normalized spacial score (nSPS) is 10.4. The van der Waals surface area contributed by atoms with E-state index in [2.05, 4.69) is 20.8 Å². The number of hydrogen-bond acceptors (Lipinski definition) is 9. The van der Waals surface area contributed by atoms with E-state index in [1.54, 1.807) is 25.3 Å². The number of rotatable bonds is 11. The first-order valence-electron chi connectivity index (χ1n) is 9.47. The van der Waals surface area contributed by atoms with E-state index in [4.69, 9.17) is 9.47 Å². The zero-order chi connectivity index (χ0) is 22.8. The summed E-state index contributed by atoms with van der Waals surface area (Å²) in [4.78, 5) is 24.4. The first kappa shape index (κ1) is 23.9. The van der Waals surface area contributed by atoms with Crippen LogP contribution >= 0.6 is 34.9 Å². The lowest BCUT2D eigenvalue weighted by atomic mass is 10.2. The van der Waals surface area contributed by atoms with Gasteiger partial charge in [-0.1, -0.05) is 53.4 Å². The first-order chi connectivity index (χ1) is 15.6. The number of methoxy groups -OCH3 is 2. The third-order valence-electron chi connectivity index (χ3n) is 4.01. The monoisotopic (exact) mass is 490 g/mol. The van der Waals surface area contributed by atoms with Crippen LogP contribution in [-0.2, 0) is 15.3 Å². The quantitative estimate of drug-likeness (QED) is 0.305. The highest BCUT2D eigenvalue weighted by molar-refractivity contribution is 8.01. The Balaban J connectivity index is 1.42. The second-order valence-electron chi connectivity index (χ2n) is 6.30. The molecule has 2 aromatic carbocycles. The zero-order valence-electron chi connectivity index (χ0n) is 17.5. The van der Waals surface area contributed by atoms with Crippen molar-refractivity contribution in [1.29, 1.82) is 0 Å². The Morgan fingerprint density at radius 2 is 1.75 bits per heavy atom. The van der Waals surface area contributed by atoms with Gasteiger partial charge in [0.15, 0.2) is 4.34 Å². The minimum Gasteiger partial charge on any atom is -0.497 e. The van der Waals surface area contributed by atoms with E-state index in [1.807, 2.05) is 30.3 Å². The van der Waals surface area contributed by atoms with Crippen LogP contribution in [0, 0.1) is 0 Å². The topological polar surface area (TPSA) is 102 Å². The fourth-order valence-electron chi connectivity index (χ4n) is 2.53. The van der Waals surface area contributed by atoms with Gasteiger partial charge >= 0.3 is 0 Å². The lowest BCUT2D eigenvalue weighted by molar-refractivity contribution is -0.114. The zero-order valence-corrected chi connectivity index (χ0v) is 19.9. The van der Waals surface area contributed by atoms with Crippen LogP contribution in [0.15, 0.2) is 52.9 Å². The molecule has 168 valence electrons. The molecule has 0 saturated heterocycles. The molecule has 0 atom stereocenters. The molecule has 0 unspecified atom stereocenters. The van der Waals surface area contributed by atoms with Crippen LogP contribution < -0.4 is 20.1 Å². The van der Waals surface area contributed by atoms with Crippen molar-refractivity contribution in [2.45, 2.75) is 10.1 Å². The van der Waals surface area contributed by atoms with Gasteiger partial charge in [-0.25, -0.2) is 0 Å². The van der Waals surface area contributed by atoms with Crippen molar-refractivity contribution in [2.75, 3.05) is 36.4 Å². The number of thioether (sulfide) groups is 2. The average molecular weight is 491 g/mol. The van der Waals surface area contributed by atoms with E-state index in [9.17, 15) is 9.59 Å². The van der Waals surface area contributed by atoms with E-state index >= 15 is 0 Å². The second kappa shape index (κ2) is 12.3. The third kappa shape index (κ3) is 7.43. The lowest BCUT2D eigenvalue weighted by Gasteiger charge is -2.11. The lowest BCUT2D eigenvalue weighted by Crippen LogP contribution is -2.14. The summed E-state index contributed by atoms with van der Waals surface area (Å²) in [6, 6.07) is 15.1. The molecule has 0 aliphatic carbocycles. The molecule has 0 aliphatic heterocycles. The van der Waals surface area contributed by atoms with Gasteiger partial charge in [-0.05, 0) is 17.7 Å². The highest BCUT2D eigenvalue weighted by Gasteiger charge is 2.13. The van der Waals surface area contributed by atoms with E-state index in [0.717, 1.165) is 5.75 Å². The molecule has 0 spiro atoms. The van der Waals surface area contributed by atoms with Crippen LogP contribution in [-0.4, -0.2) is 47.7 Å². The maximum absolute atomic E-state index is 12.3. The smallest absolute Gasteiger partial charge is 0.236 e. The molecule has 3 aromatic rings. The van der Waals surface area contributed by atoms with Gasteiger partial charge in [0.2, 0.25) is 16.9 Å². The van der Waals surface area contributed by atoms with Gasteiger partial charge in [0.05, 0.1) is 31.4 Å². The number of benzene rings is 2. The van der Waals surface area contributed by atoms with Crippen molar-refractivity contribution in [3.63, 3.8) is 0 Å². The van der Waals surface area contributed by atoms with Gasteiger partial charge in [0, 0.05) is 11.8 Å². The fourth-order valence-corrected chi connectivity index (χ4v) is 4.88. The first-order valence-corrected chi connectivity index (χ1v) is 12.4. The molecule has 0 aliphatic rings. The summed E-state index contributed by atoms with van der Waals surface area (Å²) in [6.07, 6.45) is 0. The number of hydrogen-bond donors (Lipinski definition) is 2. The second-order valence-corrected chi connectivity index (χ2v) is 9.49. The minimum atomic E-state index is -0.212. The standard InChI is InChI=1S/C21H22N4O4S3/c1-28-15-8-9-16(17(10-15)29-2)22-19(27)13-31-21-25-24-20(32-21)23-18(26)12-30-11-14-6-4-3-5-7-14/h3-10H,11-13H2,1-2H3,(H,22,27)(H,23,24,26). The molecule has 11 heteroatoms. The van der Waals surface area contributed by atoms with Crippen molar-refractivity contribution >= 4 is 57.5 Å². The van der Waals surface area contributed by atoms with Crippen molar-refractivity contribution in [3.8, 4) is 11.5 Å². The van der Waals surface area contributed by atoms with Crippen molar-refractivity contribution in [3.05, 3.63) is 54.1 Å². The van der Waals surface area contributed by atoms with Gasteiger partial charge < -0.3 is 14.8 Å². The van der Waals surface area contributed by atoms with Crippen molar-refractivity contribution in [2.24, 2.45) is 0 Å². The predicted octanol–water partition coefficient (Wildman–Crippen LogP) is 4.16. The Morgan fingerprint density at radius 3 is 2.50 bits per heavy atom. The SMILES string of the molecule is COc1ccc(NC(=O)CSc2nnc(NC(=O)CSCc3ccccc3)s2)c(OC)c1. The molecule has 8 nitrogen and oxygen atoms in total. The number of carbonyl (C=O) groups excluding carboxylic acids is 2. The number of nitrogens with one attached hydrogen (secondary N) is 2. The molecule has 1 heterocycles. The van der Waals surface area contributed by atoms with Crippen LogP contribution in [0.25, 0.3) is 0 Å². The summed E-state index contributed by atoms with van der Waals surface area (Å²) in [5, 5.41) is 14.0. The third-order valence-corrected chi connectivity index (χ3v) is 6.98. The largest absolute Gasteiger partial charge is 0.497 e. The van der Waals surface area contributed by atoms with Gasteiger partial charge in [-0.3, -0.25) is 14.9 Å². The van der Waals surface area contributed by atoms with Gasteiger partial charge in [-0.15, -0.1) is 22.0 Å². The van der Waals surface area contributed by atoms with Crippen molar-refractivity contribution < 1.29 is 19.1 Å². The molecule has 0 saturated carbocycles. The molecule has 2 N–H and O–H groups in total. The maximum Gasteiger partial charge on any atom is 0.236 e. The predicted molar refractivity (Wildman–Crippen MR) is 130 cm³/mol. The molecule has 2 amide bonds. The van der Waals surface area contributed by atoms with Gasteiger partial charge in [0.25, 0.3) is 0 Å². The molecule has 32 heavy (non-hydrogen) atoms. The number of nitrogens with zero attached hydrogens (tertiary/aromatic N) is 2. The summed E-state index contributed by atoms with van der Waals surface area (Å²) in [5.41, 5.74) is 1.72. The number of carbonyl (C=O) groups is 2. The van der Waals surface area contributed by atoms with E-state index in [0.29, 0.717) is 32.4 Å². The molecule has 3 rings (SSSR count).